The molecule has 0 spiro atoms. The van der Waals surface area contributed by atoms with E-state index in [2.05, 4.69) is 12.2 Å². The molecule has 1 atom stereocenters. The molecule has 0 aromatic heterocycles. The lowest BCUT2D eigenvalue weighted by molar-refractivity contribution is 0.174. The van der Waals surface area contributed by atoms with Gasteiger partial charge in [-0.1, -0.05) is 13.0 Å². The van der Waals surface area contributed by atoms with Crippen molar-refractivity contribution in [2.45, 2.75) is 25.9 Å². The molecule has 0 saturated carbocycles. The van der Waals surface area contributed by atoms with Crippen LogP contribution in [-0.4, -0.2) is 31.4 Å². The second-order valence-electron chi connectivity index (χ2n) is 4.48. The minimum absolute atomic E-state index is 0.506. The Hall–Kier alpha value is -1.26. The van der Waals surface area contributed by atoms with Crippen LogP contribution in [0.15, 0.2) is 18.2 Å². The predicted molar refractivity (Wildman–Crippen MR) is 70.2 cm³/mol. The third-order valence-corrected chi connectivity index (χ3v) is 2.92. The van der Waals surface area contributed by atoms with Crippen molar-refractivity contribution in [3.8, 4) is 11.5 Å². The molecule has 1 aromatic carbocycles. The molecule has 0 saturated heterocycles. The molecule has 1 unspecified atom stereocenters. The number of nitrogens with one attached hydrogen (secondary N) is 1. The predicted octanol–water partition coefficient (Wildman–Crippen LogP) is 1.88. The highest BCUT2D eigenvalue weighted by Crippen LogP contribution is 2.32. The average molecular weight is 251 g/mol. The van der Waals surface area contributed by atoms with Gasteiger partial charge in [0.25, 0.3) is 0 Å². The van der Waals surface area contributed by atoms with Crippen molar-refractivity contribution in [2.24, 2.45) is 0 Å². The fraction of sp³-hybridized carbons (Fsp3) is 0.571. The van der Waals surface area contributed by atoms with E-state index in [0.717, 1.165) is 36.4 Å². The van der Waals surface area contributed by atoms with Gasteiger partial charge in [0.1, 0.15) is 0 Å². The minimum Gasteiger partial charge on any atom is -0.490 e. The molecule has 100 valence electrons. The van der Waals surface area contributed by atoms with Crippen LogP contribution in [0.5, 0.6) is 11.5 Å². The Kier molecular flexibility index (Phi) is 4.84. The van der Waals surface area contributed by atoms with Crippen LogP contribution in [0.3, 0.4) is 0 Å². The van der Waals surface area contributed by atoms with Gasteiger partial charge in [0.2, 0.25) is 0 Å². The van der Waals surface area contributed by atoms with E-state index in [-0.39, 0.29) is 0 Å². The molecule has 2 rings (SSSR count). The van der Waals surface area contributed by atoms with Gasteiger partial charge in [-0.25, -0.2) is 0 Å². The normalized spacial score (nSPS) is 16.1. The van der Waals surface area contributed by atoms with Crippen molar-refractivity contribution in [1.82, 2.24) is 5.32 Å². The summed E-state index contributed by atoms with van der Waals surface area (Å²) in [6.45, 7) is 4.94. The van der Waals surface area contributed by atoms with Crippen LogP contribution in [0.1, 0.15) is 31.4 Å². The first-order chi connectivity index (χ1) is 8.81. The van der Waals surface area contributed by atoms with E-state index in [0.29, 0.717) is 19.8 Å². The molecule has 1 aromatic rings. The summed E-state index contributed by atoms with van der Waals surface area (Å²) in [5, 5.41) is 13.3. The van der Waals surface area contributed by atoms with Gasteiger partial charge in [-0.3, -0.25) is 0 Å². The summed E-state index contributed by atoms with van der Waals surface area (Å²) < 4.78 is 11.2. The Balaban J connectivity index is 2.02. The zero-order valence-electron chi connectivity index (χ0n) is 10.8. The van der Waals surface area contributed by atoms with Crippen LogP contribution >= 0.6 is 0 Å². The SMILES string of the molecule is CCCNCC(O)c1ccc2c(c1)OCCCO2. The van der Waals surface area contributed by atoms with E-state index in [9.17, 15) is 5.11 Å². The molecule has 2 N–H and O–H groups in total. The fourth-order valence-electron chi connectivity index (χ4n) is 1.92. The van der Waals surface area contributed by atoms with E-state index in [1.54, 1.807) is 0 Å². The van der Waals surface area contributed by atoms with E-state index in [1.807, 2.05) is 18.2 Å². The zero-order chi connectivity index (χ0) is 12.8. The van der Waals surface area contributed by atoms with Gasteiger partial charge < -0.3 is 19.9 Å². The topological polar surface area (TPSA) is 50.7 Å². The molecule has 18 heavy (non-hydrogen) atoms. The minimum atomic E-state index is -0.506. The summed E-state index contributed by atoms with van der Waals surface area (Å²) in [6.07, 6.45) is 1.45. The number of rotatable bonds is 5. The number of fused-ring (bicyclic) bond motifs is 1. The molecule has 4 heteroatoms. The van der Waals surface area contributed by atoms with Crippen LogP contribution in [0.4, 0.5) is 0 Å². The Morgan fingerprint density at radius 3 is 2.83 bits per heavy atom. The van der Waals surface area contributed by atoms with Gasteiger partial charge in [-0.2, -0.15) is 0 Å². The number of benzene rings is 1. The molecular weight excluding hydrogens is 230 g/mol. The lowest BCUT2D eigenvalue weighted by Crippen LogP contribution is -2.22. The summed E-state index contributed by atoms with van der Waals surface area (Å²) in [7, 11) is 0. The third-order valence-electron chi connectivity index (χ3n) is 2.92. The Morgan fingerprint density at radius 2 is 2.06 bits per heavy atom. The standard InChI is InChI=1S/C14H21NO3/c1-2-6-15-10-12(16)11-4-5-13-14(9-11)18-8-3-7-17-13/h4-5,9,12,15-16H,2-3,6-8,10H2,1H3. The molecule has 1 heterocycles. The maximum atomic E-state index is 10.1. The number of hydrogen-bond acceptors (Lipinski definition) is 4. The lowest BCUT2D eigenvalue weighted by Gasteiger charge is -2.14. The van der Waals surface area contributed by atoms with Gasteiger partial charge in [-0.15, -0.1) is 0 Å². The number of aliphatic hydroxyl groups is 1. The van der Waals surface area contributed by atoms with Crippen LogP contribution in [0.25, 0.3) is 0 Å². The lowest BCUT2D eigenvalue weighted by atomic mass is 10.1. The summed E-state index contributed by atoms with van der Waals surface area (Å²) in [6, 6.07) is 5.64. The van der Waals surface area contributed by atoms with Crippen LogP contribution in [0, 0.1) is 0 Å². The van der Waals surface area contributed by atoms with Crippen molar-refractivity contribution in [3.63, 3.8) is 0 Å². The summed E-state index contributed by atoms with van der Waals surface area (Å²) in [5.74, 6) is 1.50. The van der Waals surface area contributed by atoms with Crippen molar-refractivity contribution in [3.05, 3.63) is 23.8 Å². The highest BCUT2D eigenvalue weighted by atomic mass is 16.5. The fourth-order valence-corrected chi connectivity index (χ4v) is 1.92. The van der Waals surface area contributed by atoms with Gasteiger partial charge >= 0.3 is 0 Å². The Bertz CT molecular complexity index is 381. The van der Waals surface area contributed by atoms with Crippen LogP contribution in [0.2, 0.25) is 0 Å². The van der Waals surface area contributed by atoms with Crippen LogP contribution in [-0.2, 0) is 0 Å². The van der Waals surface area contributed by atoms with Crippen molar-refractivity contribution >= 4 is 0 Å². The van der Waals surface area contributed by atoms with Crippen LogP contribution < -0.4 is 14.8 Å². The highest BCUT2D eigenvalue weighted by molar-refractivity contribution is 5.44. The summed E-state index contributed by atoms with van der Waals surface area (Å²) in [4.78, 5) is 0. The average Bonchev–Trinajstić information content (AvgIpc) is 2.63. The molecule has 0 amide bonds. The molecule has 4 nitrogen and oxygen atoms in total. The first-order valence-corrected chi connectivity index (χ1v) is 6.59. The Labute approximate surface area is 108 Å². The molecule has 0 aliphatic carbocycles. The Morgan fingerprint density at radius 1 is 1.28 bits per heavy atom. The smallest absolute Gasteiger partial charge is 0.161 e. The first kappa shape index (κ1) is 13.2. The molecular formula is C14H21NO3. The highest BCUT2D eigenvalue weighted by Gasteiger charge is 2.14. The second kappa shape index (κ2) is 6.61. The van der Waals surface area contributed by atoms with E-state index < -0.39 is 6.10 Å². The maximum absolute atomic E-state index is 10.1. The van der Waals surface area contributed by atoms with E-state index >= 15 is 0 Å². The molecule has 0 fully saturated rings. The summed E-state index contributed by atoms with van der Waals surface area (Å²) in [5.41, 5.74) is 0.864. The van der Waals surface area contributed by atoms with Gasteiger partial charge in [0, 0.05) is 13.0 Å². The summed E-state index contributed by atoms with van der Waals surface area (Å²) >= 11 is 0. The van der Waals surface area contributed by atoms with Crippen molar-refractivity contribution in [1.29, 1.82) is 0 Å². The van der Waals surface area contributed by atoms with Gasteiger partial charge in [-0.05, 0) is 30.7 Å². The molecule has 1 aliphatic rings. The third kappa shape index (κ3) is 3.37. The molecule has 0 bridgehead atoms. The van der Waals surface area contributed by atoms with Crippen molar-refractivity contribution in [2.75, 3.05) is 26.3 Å². The quantitative estimate of drug-likeness (QED) is 0.785. The van der Waals surface area contributed by atoms with Crippen molar-refractivity contribution < 1.29 is 14.6 Å². The maximum Gasteiger partial charge on any atom is 0.161 e. The number of aliphatic hydroxyl groups excluding tert-OH is 1. The zero-order valence-corrected chi connectivity index (χ0v) is 10.8. The number of hydrogen-bond donors (Lipinski definition) is 2. The number of ether oxygens (including phenoxy) is 2. The second-order valence-corrected chi connectivity index (χ2v) is 4.48. The monoisotopic (exact) mass is 251 g/mol. The van der Waals surface area contributed by atoms with Gasteiger partial charge in [0.15, 0.2) is 11.5 Å². The largest absolute Gasteiger partial charge is 0.490 e. The molecule has 0 radical (unpaired) electrons. The van der Waals surface area contributed by atoms with Gasteiger partial charge in [0.05, 0.1) is 19.3 Å². The van der Waals surface area contributed by atoms with E-state index in [1.165, 1.54) is 0 Å². The van der Waals surface area contributed by atoms with E-state index in [4.69, 9.17) is 9.47 Å². The molecule has 1 aliphatic heterocycles. The first-order valence-electron chi connectivity index (χ1n) is 6.59.